The Balaban J connectivity index is 1.98. The van der Waals surface area contributed by atoms with Gasteiger partial charge in [0, 0.05) is 11.8 Å². The van der Waals surface area contributed by atoms with Gasteiger partial charge in [0.15, 0.2) is 17.4 Å². The molecule has 0 bridgehead atoms. The number of urea groups is 1. The highest BCUT2D eigenvalue weighted by atomic mass is 19.2. The second kappa shape index (κ2) is 5.30. The Hall–Kier alpha value is -2.70. The quantitative estimate of drug-likeness (QED) is 0.877. The molecule has 2 N–H and O–H groups in total. The fourth-order valence-corrected chi connectivity index (χ4v) is 1.31. The molecule has 1 aromatic heterocycles. The topological polar surface area (TPSA) is 71.3 Å². The number of hydrogen-bond donors (Lipinski definition) is 2. The lowest BCUT2D eigenvalue weighted by Crippen LogP contribution is -2.34. The molecule has 2 rings (SSSR count). The van der Waals surface area contributed by atoms with Crippen LogP contribution in [0.5, 0.6) is 0 Å². The molecule has 0 fully saturated rings. The Bertz CT molecular complexity index is 611. The van der Waals surface area contributed by atoms with E-state index in [0.717, 1.165) is 18.2 Å². The number of nitrogens with one attached hydrogen (secondary N) is 2. The first kappa shape index (κ1) is 12.7. The minimum absolute atomic E-state index is 0.0173. The molecule has 7 heteroatoms. The zero-order chi connectivity index (χ0) is 13.8. The normalized spacial score (nSPS) is 10.0. The molecule has 0 atom stereocenters. The maximum Gasteiger partial charge on any atom is 0.326 e. The summed E-state index contributed by atoms with van der Waals surface area (Å²) in [5.41, 5.74) is 0.0173. The molecule has 1 aromatic carbocycles. The molecule has 0 spiro atoms. The van der Waals surface area contributed by atoms with Crippen molar-refractivity contribution in [3.05, 3.63) is 54.0 Å². The van der Waals surface area contributed by atoms with Crippen molar-refractivity contribution in [2.24, 2.45) is 0 Å². The highest BCUT2D eigenvalue weighted by Gasteiger charge is 2.13. The van der Waals surface area contributed by atoms with Crippen LogP contribution in [0.4, 0.5) is 19.3 Å². The molecule has 0 aliphatic heterocycles. The third kappa shape index (κ3) is 3.15. The fraction of sp³-hybridized carbons (Fsp3) is 0. The molecule has 0 aliphatic rings. The summed E-state index contributed by atoms with van der Waals surface area (Å²) in [7, 11) is 0. The largest absolute Gasteiger partial charge is 0.459 e. The second-order valence-corrected chi connectivity index (χ2v) is 3.51. The van der Waals surface area contributed by atoms with E-state index in [1.807, 2.05) is 5.32 Å². The van der Waals surface area contributed by atoms with Gasteiger partial charge in [0.25, 0.3) is 5.91 Å². The van der Waals surface area contributed by atoms with Gasteiger partial charge < -0.3 is 9.73 Å². The van der Waals surface area contributed by atoms with Gasteiger partial charge in [-0.2, -0.15) is 0 Å². The molecule has 3 amide bonds. The number of carbonyl (C=O) groups is 2. The van der Waals surface area contributed by atoms with E-state index in [1.165, 1.54) is 18.4 Å². The van der Waals surface area contributed by atoms with Crippen LogP contribution in [0.25, 0.3) is 0 Å². The van der Waals surface area contributed by atoms with E-state index < -0.39 is 23.6 Å². The Labute approximate surface area is 106 Å². The van der Waals surface area contributed by atoms with Crippen molar-refractivity contribution in [3.8, 4) is 0 Å². The van der Waals surface area contributed by atoms with Gasteiger partial charge in [-0.25, -0.2) is 13.6 Å². The van der Waals surface area contributed by atoms with Gasteiger partial charge in [-0.3, -0.25) is 10.1 Å². The van der Waals surface area contributed by atoms with E-state index in [2.05, 4.69) is 5.32 Å². The lowest BCUT2D eigenvalue weighted by atomic mass is 10.3. The molecular formula is C12H8F2N2O3. The Morgan fingerprint density at radius 1 is 1.11 bits per heavy atom. The molecule has 1 heterocycles. The van der Waals surface area contributed by atoms with Crippen molar-refractivity contribution in [2.45, 2.75) is 0 Å². The maximum absolute atomic E-state index is 12.9. The van der Waals surface area contributed by atoms with Crippen molar-refractivity contribution in [1.29, 1.82) is 0 Å². The maximum atomic E-state index is 12.9. The van der Waals surface area contributed by atoms with E-state index in [-0.39, 0.29) is 11.4 Å². The molecule has 0 saturated carbocycles. The van der Waals surface area contributed by atoms with E-state index in [4.69, 9.17) is 4.42 Å². The van der Waals surface area contributed by atoms with Crippen LogP contribution < -0.4 is 10.6 Å². The van der Waals surface area contributed by atoms with Crippen LogP contribution in [0.15, 0.2) is 41.0 Å². The molecule has 2 aromatic rings. The first-order chi connectivity index (χ1) is 9.06. The highest BCUT2D eigenvalue weighted by Crippen LogP contribution is 2.12. The summed E-state index contributed by atoms with van der Waals surface area (Å²) in [5, 5.41) is 4.15. The van der Waals surface area contributed by atoms with Gasteiger partial charge in [-0.15, -0.1) is 0 Å². The van der Waals surface area contributed by atoms with Gasteiger partial charge in [-0.05, 0) is 24.3 Å². The summed E-state index contributed by atoms with van der Waals surface area (Å²) in [4.78, 5) is 22.8. The highest BCUT2D eigenvalue weighted by molar-refractivity contribution is 6.06. The first-order valence-electron chi connectivity index (χ1n) is 5.17. The molecule has 98 valence electrons. The Morgan fingerprint density at radius 2 is 1.89 bits per heavy atom. The zero-order valence-corrected chi connectivity index (χ0v) is 9.44. The van der Waals surface area contributed by atoms with Crippen LogP contribution in [-0.4, -0.2) is 11.9 Å². The first-order valence-corrected chi connectivity index (χ1v) is 5.17. The summed E-state index contributed by atoms with van der Waals surface area (Å²) in [5.74, 6) is -2.92. The average molecular weight is 266 g/mol. The van der Waals surface area contributed by atoms with E-state index in [0.29, 0.717) is 0 Å². The van der Waals surface area contributed by atoms with Crippen molar-refractivity contribution in [2.75, 3.05) is 5.32 Å². The predicted octanol–water partition coefficient (Wildman–Crippen LogP) is 2.52. The van der Waals surface area contributed by atoms with Crippen LogP contribution in [0.3, 0.4) is 0 Å². The summed E-state index contributed by atoms with van der Waals surface area (Å²) < 4.78 is 30.3. The van der Waals surface area contributed by atoms with Crippen LogP contribution in [-0.2, 0) is 0 Å². The van der Waals surface area contributed by atoms with Crippen molar-refractivity contribution >= 4 is 17.6 Å². The third-order valence-corrected chi connectivity index (χ3v) is 2.15. The summed E-state index contributed by atoms with van der Waals surface area (Å²) in [6.45, 7) is 0. The number of amides is 3. The Morgan fingerprint density at radius 3 is 2.53 bits per heavy atom. The van der Waals surface area contributed by atoms with Crippen molar-refractivity contribution < 1.29 is 22.8 Å². The van der Waals surface area contributed by atoms with Crippen LogP contribution in [0.1, 0.15) is 10.6 Å². The monoisotopic (exact) mass is 266 g/mol. The standard InChI is InChI=1S/C12H8F2N2O3/c13-8-4-3-7(6-9(8)14)15-12(18)16-11(17)10-2-1-5-19-10/h1-6H,(H2,15,16,17,18). The Kier molecular flexibility index (Phi) is 3.56. The number of anilines is 1. The molecule has 19 heavy (non-hydrogen) atoms. The minimum atomic E-state index is -1.10. The van der Waals surface area contributed by atoms with Gasteiger partial charge in [-0.1, -0.05) is 0 Å². The number of halogens is 2. The number of hydrogen-bond acceptors (Lipinski definition) is 3. The van der Waals surface area contributed by atoms with Gasteiger partial charge in [0.1, 0.15) is 0 Å². The number of benzene rings is 1. The van der Waals surface area contributed by atoms with E-state index >= 15 is 0 Å². The second-order valence-electron chi connectivity index (χ2n) is 3.51. The van der Waals surface area contributed by atoms with Gasteiger partial charge in [0.05, 0.1) is 6.26 Å². The van der Waals surface area contributed by atoms with Crippen molar-refractivity contribution in [3.63, 3.8) is 0 Å². The van der Waals surface area contributed by atoms with Gasteiger partial charge in [0.2, 0.25) is 0 Å². The molecule has 0 aliphatic carbocycles. The summed E-state index contributed by atoms with van der Waals surface area (Å²) in [6, 6.07) is 4.80. The van der Waals surface area contributed by atoms with E-state index in [1.54, 1.807) is 0 Å². The lowest BCUT2D eigenvalue weighted by Gasteiger charge is -2.05. The number of carbonyl (C=O) groups excluding carboxylic acids is 2. The van der Waals surface area contributed by atoms with Crippen LogP contribution >= 0.6 is 0 Å². The number of furan rings is 1. The summed E-state index contributed by atoms with van der Waals surface area (Å²) >= 11 is 0. The minimum Gasteiger partial charge on any atom is -0.459 e. The average Bonchev–Trinajstić information content (AvgIpc) is 2.87. The molecular weight excluding hydrogens is 258 g/mol. The predicted molar refractivity (Wildman–Crippen MR) is 61.6 cm³/mol. The molecule has 0 unspecified atom stereocenters. The van der Waals surface area contributed by atoms with E-state index in [9.17, 15) is 18.4 Å². The third-order valence-electron chi connectivity index (χ3n) is 2.15. The SMILES string of the molecule is O=C(NC(=O)c1ccco1)Nc1ccc(F)c(F)c1. The number of rotatable bonds is 2. The van der Waals surface area contributed by atoms with Crippen molar-refractivity contribution in [1.82, 2.24) is 5.32 Å². The molecule has 0 saturated heterocycles. The number of imide groups is 1. The lowest BCUT2D eigenvalue weighted by molar-refractivity contribution is 0.0940. The molecule has 0 radical (unpaired) electrons. The fourth-order valence-electron chi connectivity index (χ4n) is 1.31. The van der Waals surface area contributed by atoms with Crippen LogP contribution in [0, 0.1) is 11.6 Å². The van der Waals surface area contributed by atoms with Gasteiger partial charge >= 0.3 is 6.03 Å². The molecule has 5 nitrogen and oxygen atoms in total. The smallest absolute Gasteiger partial charge is 0.326 e. The van der Waals surface area contributed by atoms with Crippen LogP contribution in [0.2, 0.25) is 0 Å². The zero-order valence-electron chi connectivity index (χ0n) is 9.44. The summed E-state index contributed by atoms with van der Waals surface area (Å²) in [6.07, 6.45) is 1.28.